The maximum Gasteiger partial charge on any atom is 0.330 e. The Labute approximate surface area is 107 Å². The minimum Gasteiger partial charge on any atom is -0.467 e. The molecular formula is C14H19NO3. The number of carbonyl (C=O) groups excluding carboxylic acids is 1. The fourth-order valence-corrected chi connectivity index (χ4v) is 2.40. The molecule has 0 spiro atoms. The zero-order valence-electron chi connectivity index (χ0n) is 10.9. The first-order valence-electron chi connectivity index (χ1n) is 6.16. The minimum absolute atomic E-state index is 0.226. The Morgan fingerprint density at radius 2 is 1.89 bits per heavy atom. The van der Waals surface area contributed by atoms with Crippen LogP contribution < -0.4 is 0 Å². The lowest BCUT2D eigenvalue weighted by atomic mass is 9.89. The number of hydrogen-bond donors (Lipinski definition) is 0. The van der Waals surface area contributed by atoms with Crippen LogP contribution in [0.15, 0.2) is 30.3 Å². The Bertz CT molecular complexity index is 401. The van der Waals surface area contributed by atoms with Gasteiger partial charge in [-0.15, -0.1) is 0 Å². The summed E-state index contributed by atoms with van der Waals surface area (Å²) in [5.41, 5.74) is 0.221. The number of nitrogens with zero attached hydrogens (tertiary/aromatic N) is 1. The van der Waals surface area contributed by atoms with Crippen LogP contribution in [0.3, 0.4) is 0 Å². The van der Waals surface area contributed by atoms with Crippen molar-refractivity contribution < 1.29 is 14.3 Å². The fraction of sp³-hybridized carbons (Fsp3) is 0.500. The van der Waals surface area contributed by atoms with Gasteiger partial charge in [-0.05, 0) is 12.5 Å². The molecule has 0 saturated carbocycles. The Morgan fingerprint density at radius 1 is 1.28 bits per heavy atom. The number of methoxy groups -OCH3 is 1. The van der Waals surface area contributed by atoms with Crippen molar-refractivity contribution in [2.45, 2.75) is 12.5 Å². The highest BCUT2D eigenvalue weighted by atomic mass is 16.5. The van der Waals surface area contributed by atoms with E-state index in [1.165, 1.54) is 7.11 Å². The first-order chi connectivity index (χ1) is 8.69. The molecule has 0 radical (unpaired) electrons. The second kappa shape index (κ2) is 5.50. The summed E-state index contributed by atoms with van der Waals surface area (Å²) in [4.78, 5) is 14.4. The normalized spacial score (nSPS) is 20.1. The van der Waals surface area contributed by atoms with Crippen LogP contribution in [-0.4, -0.2) is 44.3 Å². The third-order valence-corrected chi connectivity index (χ3v) is 3.56. The third kappa shape index (κ3) is 2.26. The summed E-state index contributed by atoms with van der Waals surface area (Å²) in [6.45, 7) is 4.69. The molecule has 0 bridgehead atoms. The summed E-state index contributed by atoms with van der Waals surface area (Å²) in [6.07, 6.45) is 0. The topological polar surface area (TPSA) is 38.8 Å². The van der Waals surface area contributed by atoms with E-state index in [4.69, 9.17) is 9.47 Å². The number of hydrogen-bond acceptors (Lipinski definition) is 4. The molecule has 0 unspecified atom stereocenters. The predicted molar refractivity (Wildman–Crippen MR) is 68.2 cm³/mol. The molecule has 98 valence electrons. The monoisotopic (exact) mass is 249 g/mol. The van der Waals surface area contributed by atoms with E-state index in [1.807, 2.05) is 37.3 Å². The van der Waals surface area contributed by atoms with Gasteiger partial charge in [-0.3, -0.25) is 4.90 Å². The predicted octanol–water partition coefficient (Wildman–Crippen LogP) is 1.41. The Morgan fingerprint density at radius 3 is 2.44 bits per heavy atom. The van der Waals surface area contributed by atoms with Crippen molar-refractivity contribution in [1.29, 1.82) is 0 Å². The molecule has 18 heavy (non-hydrogen) atoms. The molecule has 1 aliphatic rings. The van der Waals surface area contributed by atoms with Gasteiger partial charge in [-0.2, -0.15) is 0 Å². The molecule has 1 saturated heterocycles. The van der Waals surface area contributed by atoms with Crippen LogP contribution in [0.5, 0.6) is 0 Å². The van der Waals surface area contributed by atoms with Gasteiger partial charge < -0.3 is 9.47 Å². The van der Waals surface area contributed by atoms with E-state index < -0.39 is 5.54 Å². The van der Waals surface area contributed by atoms with Crippen molar-refractivity contribution >= 4 is 5.97 Å². The van der Waals surface area contributed by atoms with Crippen molar-refractivity contribution in [2.24, 2.45) is 0 Å². The SMILES string of the molecule is COC(=O)[C@@](C)(c1ccccc1)N1CCOCC1. The molecular weight excluding hydrogens is 230 g/mol. The van der Waals surface area contributed by atoms with Crippen LogP contribution in [0, 0.1) is 0 Å². The molecule has 0 amide bonds. The second-order valence-electron chi connectivity index (χ2n) is 4.53. The molecule has 0 aromatic heterocycles. The summed E-state index contributed by atoms with van der Waals surface area (Å²) in [5.74, 6) is -0.226. The molecule has 2 rings (SSSR count). The van der Waals surface area contributed by atoms with Crippen LogP contribution in [0.1, 0.15) is 12.5 Å². The molecule has 1 aliphatic heterocycles. The summed E-state index contributed by atoms with van der Waals surface area (Å²) < 4.78 is 10.4. The first-order valence-corrected chi connectivity index (χ1v) is 6.16. The highest BCUT2D eigenvalue weighted by Crippen LogP contribution is 2.30. The van der Waals surface area contributed by atoms with Gasteiger partial charge in [-0.25, -0.2) is 4.79 Å². The van der Waals surface area contributed by atoms with E-state index in [0.29, 0.717) is 13.2 Å². The van der Waals surface area contributed by atoms with E-state index in [-0.39, 0.29) is 5.97 Å². The lowest BCUT2D eigenvalue weighted by Crippen LogP contribution is -2.54. The van der Waals surface area contributed by atoms with Crippen molar-refractivity contribution in [3.63, 3.8) is 0 Å². The Hall–Kier alpha value is -1.39. The Balaban J connectivity index is 2.36. The first kappa shape index (κ1) is 13.1. The smallest absolute Gasteiger partial charge is 0.330 e. The van der Waals surface area contributed by atoms with Crippen molar-refractivity contribution in [1.82, 2.24) is 4.90 Å². The highest BCUT2D eigenvalue weighted by Gasteiger charge is 2.42. The molecule has 1 aromatic carbocycles. The largest absolute Gasteiger partial charge is 0.467 e. The van der Waals surface area contributed by atoms with Crippen LogP contribution in [0.4, 0.5) is 0 Å². The van der Waals surface area contributed by atoms with E-state index >= 15 is 0 Å². The summed E-state index contributed by atoms with van der Waals surface area (Å²) >= 11 is 0. The highest BCUT2D eigenvalue weighted by molar-refractivity contribution is 5.82. The molecule has 1 fully saturated rings. The van der Waals surface area contributed by atoms with Crippen LogP contribution in [0.25, 0.3) is 0 Å². The van der Waals surface area contributed by atoms with Crippen molar-refractivity contribution in [3.05, 3.63) is 35.9 Å². The number of rotatable bonds is 3. The maximum absolute atomic E-state index is 12.2. The molecule has 0 aliphatic carbocycles. The number of benzene rings is 1. The number of morpholine rings is 1. The van der Waals surface area contributed by atoms with E-state index in [2.05, 4.69) is 4.90 Å². The zero-order chi connectivity index (χ0) is 13.0. The van der Waals surface area contributed by atoms with E-state index in [9.17, 15) is 4.79 Å². The number of esters is 1. The van der Waals surface area contributed by atoms with Gasteiger partial charge in [0.2, 0.25) is 0 Å². The van der Waals surface area contributed by atoms with Crippen molar-refractivity contribution in [3.8, 4) is 0 Å². The van der Waals surface area contributed by atoms with E-state index in [1.54, 1.807) is 0 Å². The molecule has 4 heteroatoms. The van der Waals surface area contributed by atoms with Gasteiger partial charge in [0.05, 0.1) is 20.3 Å². The summed E-state index contributed by atoms with van der Waals surface area (Å²) in [5, 5.41) is 0. The second-order valence-corrected chi connectivity index (χ2v) is 4.53. The average molecular weight is 249 g/mol. The Kier molecular flexibility index (Phi) is 3.99. The van der Waals surface area contributed by atoms with Gasteiger partial charge in [0, 0.05) is 13.1 Å². The van der Waals surface area contributed by atoms with Crippen LogP contribution in [-0.2, 0) is 19.8 Å². The quantitative estimate of drug-likeness (QED) is 0.759. The van der Waals surface area contributed by atoms with Gasteiger partial charge in [0.25, 0.3) is 0 Å². The number of ether oxygens (including phenoxy) is 2. The summed E-state index contributed by atoms with van der Waals surface area (Å²) in [7, 11) is 1.43. The minimum atomic E-state index is -0.736. The van der Waals surface area contributed by atoms with Gasteiger partial charge in [0.1, 0.15) is 5.54 Å². The van der Waals surface area contributed by atoms with Crippen LogP contribution >= 0.6 is 0 Å². The zero-order valence-corrected chi connectivity index (χ0v) is 10.9. The fourth-order valence-electron chi connectivity index (χ4n) is 2.40. The molecule has 1 aromatic rings. The maximum atomic E-state index is 12.2. The third-order valence-electron chi connectivity index (χ3n) is 3.56. The van der Waals surface area contributed by atoms with Crippen LogP contribution in [0.2, 0.25) is 0 Å². The van der Waals surface area contributed by atoms with E-state index in [0.717, 1.165) is 18.7 Å². The standard InChI is InChI=1S/C14H19NO3/c1-14(13(16)17-2,12-6-4-3-5-7-12)15-8-10-18-11-9-15/h3-7H,8-11H2,1-2H3/t14-/m1/s1. The summed E-state index contributed by atoms with van der Waals surface area (Å²) in [6, 6.07) is 9.76. The van der Waals surface area contributed by atoms with Gasteiger partial charge in [-0.1, -0.05) is 30.3 Å². The lowest BCUT2D eigenvalue weighted by molar-refractivity contribution is -0.158. The molecule has 0 N–H and O–H groups in total. The molecule has 4 nitrogen and oxygen atoms in total. The van der Waals surface area contributed by atoms with Crippen molar-refractivity contribution in [2.75, 3.05) is 33.4 Å². The molecule has 1 heterocycles. The van der Waals surface area contributed by atoms with Gasteiger partial charge in [0.15, 0.2) is 0 Å². The lowest BCUT2D eigenvalue weighted by Gasteiger charge is -2.41. The number of carbonyl (C=O) groups is 1. The molecule has 1 atom stereocenters. The van der Waals surface area contributed by atoms with Gasteiger partial charge >= 0.3 is 5.97 Å². The average Bonchev–Trinajstić information content (AvgIpc) is 2.47.